The number of aliphatic imine (C=N–C) groups is 1. The Morgan fingerprint density at radius 2 is 1.91 bits per heavy atom. The molecule has 0 bridgehead atoms. The van der Waals surface area contributed by atoms with Gasteiger partial charge in [-0.15, -0.1) is 0 Å². The van der Waals surface area contributed by atoms with Gasteiger partial charge in [0.1, 0.15) is 5.75 Å². The molecular formula is C25H41N5O2. The van der Waals surface area contributed by atoms with Gasteiger partial charge in [-0.1, -0.05) is 31.4 Å². The fraction of sp³-hybridized carbons (Fsp3) is 0.720. The summed E-state index contributed by atoms with van der Waals surface area (Å²) in [5, 5.41) is 7.29. The molecule has 0 aromatic heterocycles. The molecule has 0 amide bonds. The number of benzene rings is 1. The molecule has 32 heavy (non-hydrogen) atoms. The number of para-hydroxylation sites is 2. The highest BCUT2D eigenvalue weighted by atomic mass is 16.5. The van der Waals surface area contributed by atoms with Crippen LogP contribution in [0.25, 0.3) is 0 Å². The molecule has 1 atom stereocenters. The van der Waals surface area contributed by atoms with Gasteiger partial charge in [-0.25, -0.2) is 0 Å². The van der Waals surface area contributed by atoms with Crippen molar-refractivity contribution in [1.29, 1.82) is 0 Å². The summed E-state index contributed by atoms with van der Waals surface area (Å²) in [6.07, 6.45) is 7.74. The third-order valence-corrected chi connectivity index (χ3v) is 7.54. The van der Waals surface area contributed by atoms with E-state index in [1.54, 1.807) is 7.11 Å². The van der Waals surface area contributed by atoms with Gasteiger partial charge in [0.2, 0.25) is 0 Å². The molecule has 1 unspecified atom stereocenters. The minimum Gasteiger partial charge on any atom is -0.495 e. The second-order valence-corrected chi connectivity index (χ2v) is 9.46. The Hall–Kier alpha value is -1.99. The Morgan fingerprint density at radius 1 is 1.12 bits per heavy atom. The van der Waals surface area contributed by atoms with Crippen molar-refractivity contribution in [2.24, 2.45) is 10.9 Å². The number of rotatable bonds is 7. The van der Waals surface area contributed by atoms with Crippen LogP contribution in [0.1, 0.15) is 38.5 Å². The molecule has 1 saturated carbocycles. The maximum Gasteiger partial charge on any atom is 0.191 e. The van der Waals surface area contributed by atoms with Crippen LogP contribution in [0.15, 0.2) is 29.3 Å². The average Bonchev–Trinajstić information content (AvgIpc) is 3.34. The normalized spacial score (nSPS) is 24.4. The lowest BCUT2D eigenvalue weighted by Crippen LogP contribution is -2.60. The molecule has 1 aromatic carbocycles. The van der Waals surface area contributed by atoms with Crippen LogP contribution in [0, 0.1) is 5.92 Å². The first-order chi connectivity index (χ1) is 15.7. The van der Waals surface area contributed by atoms with Gasteiger partial charge in [0.05, 0.1) is 26.0 Å². The Kier molecular flexibility index (Phi) is 8.14. The van der Waals surface area contributed by atoms with Crippen molar-refractivity contribution in [3.8, 4) is 5.75 Å². The molecular weight excluding hydrogens is 402 g/mol. The molecule has 2 saturated heterocycles. The van der Waals surface area contributed by atoms with Crippen LogP contribution in [-0.2, 0) is 4.74 Å². The smallest absolute Gasteiger partial charge is 0.191 e. The van der Waals surface area contributed by atoms with Crippen molar-refractivity contribution in [3.63, 3.8) is 0 Å². The fourth-order valence-electron chi connectivity index (χ4n) is 5.67. The zero-order valence-corrected chi connectivity index (χ0v) is 19.9. The summed E-state index contributed by atoms with van der Waals surface area (Å²) in [5.41, 5.74) is 1.44. The van der Waals surface area contributed by atoms with Gasteiger partial charge >= 0.3 is 0 Å². The number of morpholine rings is 1. The fourth-order valence-corrected chi connectivity index (χ4v) is 5.67. The highest BCUT2D eigenvalue weighted by Crippen LogP contribution is 2.34. The van der Waals surface area contributed by atoms with Crippen LogP contribution in [0.2, 0.25) is 0 Å². The van der Waals surface area contributed by atoms with Gasteiger partial charge in [0, 0.05) is 51.9 Å². The maximum absolute atomic E-state index is 5.62. The highest BCUT2D eigenvalue weighted by Gasteiger charge is 2.38. The molecule has 2 N–H and O–H groups in total. The number of nitrogens with zero attached hydrogens (tertiary/aromatic N) is 3. The number of ether oxygens (including phenoxy) is 2. The second kappa shape index (κ2) is 11.2. The molecule has 1 aliphatic carbocycles. The number of methoxy groups -OCH3 is 1. The predicted molar refractivity (Wildman–Crippen MR) is 131 cm³/mol. The molecule has 1 aromatic rings. The maximum atomic E-state index is 5.62. The Labute approximate surface area is 193 Å². The van der Waals surface area contributed by atoms with E-state index in [1.165, 1.54) is 44.2 Å². The van der Waals surface area contributed by atoms with Crippen molar-refractivity contribution in [1.82, 2.24) is 15.5 Å². The van der Waals surface area contributed by atoms with Crippen molar-refractivity contribution in [2.45, 2.75) is 44.1 Å². The van der Waals surface area contributed by atoms with Crippen molar-refractivity contribution in [3.05, 3.63) is 24.3 Å². The summed E-state index contributed by atoms with van der Waals surface area (Å²) >= 11 is 0. The zero-order chi connectivity index (χ0) is 22.2. The summed E-state index contributed by atoms with van der Waals surface area (Å²) in [6.45, 7) is 7.84. The SMILES string of the molecule is CN=C(NCC1CCN(c2ccccc2OC)C1)NCC1(N2CCOCC2)CCCCC1. The summed E-state index contributed by atoms with van der Waals surface area (Å²) in [4.78, 5) is 9.65. The lowest BCUT2D eigenvalue weighted by atomic mass is 9.80. The van der Waals surface area contributed by atoms with Crippen LogP contribution in [0.3, 0.4) is 0 Å². The first-order valence-electron chi connectivity index (χ1n) is 12.4. The van der Waals surface area contributed by atoms with E-state index in [2.05, 4.69) is 37.6 Å². The largest absolute Gasteiger partial charge is 0.495 e. The van der Waals surface area contributed by atoms with Crippen molar-refractivity contribution < 1.29 is 9.47 Å². The number of nitrogens with one attached hydrogen (secondary N) is 2. The van der Waals surface area contributed by atoms with E-state index in [-0.39, 0.29) is 5.54 Å². The van der Waals surface area contributed by atoms with Crippen molar-refractivity contribution >= 4 is 11.6 Å². The zero-order valence-electron chi connectivity index (χ0n) is 19.9. The van der Waals surface area contributed by atoms with E-state index in [9.17, 15) is 0 Å². The van der Waals surface area contributed by atoms with E-state index in [1.807, 2.05) is 19.2 Å². The third kappa shape index (κ3) is 5.49. The quantitative estimate of drug-likeness (QED) is 0.499. The molecule has 7 nitrogen and oxygen atoms in total. The monoisotopic (exact) mass is 443 g/mol. The highest BCUT2D eigenvalue weighted by molar-refractivity contribution is 5.79. The van der Waals surface area contributed by atoms with E-state index in [0.29, 0.717) is 5.92 Å². The van der Waals surface area contributed by atoms with Gasteiger partial charge in [-0.05, 0) is 37.3 Å². The Morgan fingerprint density at radius 3 is 2.66 bits per heavy atom. The molecule has 4 rings (SSSR count). The molecule has 0 spiro atoms. The van der Waals surface area contributed by atoms with Crippen LogP contribution >= 0.6 is 0 Å². The van der Waals surface area contributed by atoms with E-state index in [0.717, 1.165) is 64.2 Å². The lowest BCUT2D eigenvalue weighted by Gasteiger charge is -2.48. The van der Waals surface area contributed by atoms with E-state index < -0.39 is 0 Å². The number of anilines is 1. The third-order valence-electron chi connectivity index (χ3n) is 7.54. The number of hydrogen-bond donors (Lipinski definition) is 2. The Bertz CT molecular complexity index is 744. The molecule has 7 heteroatoms. The lowest BCUT2D eigenvalue weighted by molar-refractivity contribution is -0.0352. The number of guanidine groups is 1. The van der Waals surface area contributed by atoms with Gasteiger partial charge in [-0.3, -0.25) is 9.89 Å². The van der Waals surface area contributed by atoms with Crippen LogP contribution in [0.5, 0.6) is 5.75 Å². The van der Waals surface area contributed by atoms with Gasteiger partial charge in [0.25, 0.3) is 0 Å². The van der Waals surface area contributed by atoms with Crippen LogP contribution in [-0.4, -0.2) is 83.0 Å². The van der Waals surface area contributed by atoms with Gasteiger partial charge < -0.3 is 25.0 Å². The Balaban J connectivity index is 1.28. The molecule has 2 heterocycles. The standard InChI is InChI=1S/C25H41N5O2/c1-26-24(28-20-25(11-6-3-7-12-25)30-14-16-32-17-15-30)27-18-21-10-13-29(19-21)22-8-4-5-9-23(22)31-2/h4-5,8-9,21H,3,6-7,10-20H2,1-2H3,(H2,26,27,28). The van der Waals surface area contributed by atoms with Crippen molar-refractivity contribution in [2.75, 3.05) is 71.5 Å². The van der Waals surface area contributed by atoms with E-state index >= 15 is 0 Å². The molecule has 3 aliphatic rings. The van der Waals surface area contributed by atoms with Crippen LogP contribution in [0.4, 0.5) is 5.69 Å². The molecule has 3 fully saturated rings. The topological polar surface area (TPSA) is 61.4 Å². The van der Waals surface area contributed by atoms with Crippen LogP contribution < -0.4 is 20.3 Å². The minimum atomic E-state index is 0.244. The van der Waals surface area contributed by atoms with E-state index in [4.69, 9.17) is 9.47 Å². The van der Waals surface area contributed by atoms with Gasteiger partial charge in [0.15, 0.2) is 5.96 Å². The second-order valence-electron chi connectivity index (χ2n) is 9.46. The molecule has 0 radical (unpaired) electrons. The molecule has 2 aliphatic heterocycles. The minimum absolute atomic E-state index is 0.244. The first-order valence-corrected chi connectivity index (χ1v) is 12.4. The summed E-state index contributed by atoms with van der Waals surface area (Å²) in [7, 11) is 3.63. The van der Waals surface area contributed by atoms with Gasteiger partial charge in [-0.2, -0.15) is 0 Å². The average molecular weight is 444 g/mol. The summed E-state index contributed by atoms with van der Waals surface area (Å²) in [5.74, 6) is 2.49. The summed E-state index contributed by atoms with van der Waals surface area (Å²) in [6, 6.07) is 8.32. The summed E-state index contributed by atoms with van der Waals surface area (Å²) < 4.78 is 11.2. The first kappa shape index (κ1) is 23.2. The molecule has 178 valence electrons. The predicted octanol–water partition coefficient (Wildman–Crippen LogP) is 2.72. The number of hydrogen-bond acceptors (Lipinski definition) is 5.